The lowest BCUT2D eigenvalue weighted by atomic mass is 9.82. The van der Waals surface area contributed by atoms with Crippen LogP contribution in [0.2, 0.25) is 0 Å². The molecule has 3 aliphatic heterocycles. The average molecular weight is 260 g/mol. The number of esters is 1. The second-order valence-electron chi connectivity index (χ2n) is 5.17. The summed E-state index contributed by atoms with van der Waals surface area (Å²) in [6.45, 7) is 1.63. The topological polar surface area (TPSA) is 94.5 Å². The third-order valence-corrected chi connectivity index (χ3v) is 4.08. The molecule has 0 aromatic carbocycles. The molecule has 3 heterocycles. The normalized spacial score (nSPS) is 55.0. The van der Waals surface area contributed by atoms with Gasteiger partial charge in [0, 0.05) is 13.5 Å². The standard InChI is InChI=1S/C11H16O7/c1-9(15-2)3-4-10(14)8(13)17-7-6(12)5-16-11(7,10)18-9/h6-7,12,14H,3-5H2,1-2H3/t6-,7+,9+,10+,11+/m0/s1. The van der Waals surface area contributed by atoms with Crippen LogP contribution < -0.4 is 0 Å². The number of aliphatic hydroxyl groups excluding tert-OH is 1. The lowest BCUT2D eigenvalue weighted by molar-refractivity contribution is -0.401. The fourth-order valence-corrected chi connectivity index (χ4v) is 2.87. The smallest absolute Gasteiger partial charge is 0.344 e. The Hall–Kier alpha value is -0.730. The molecular weight excluding hydrogens is 244 g/mol. The molecule has 0 aromatic heterocycles. The molecule has 3 rings (SSSR count). The predicted molar refractivity (Wildman–Crippen MR) is 55.3 cm³/mol. The number of rotatable bonds is 1. The minimum absolute atomic E-state index is 0.0555. The van der Waals surface area contributed by atoms with Crippen molar-refractivity contribution in [2.24, 2.45) is 0 Å². The summed E-state index contributed by atoms with van der Waals surface area (Å²) >= 11 is 0. The Labute approximate surface area is 104 Å². The van der Waals surface area contributed by atoms with Crippen molar-refractivity contribution in [3.05, 3.63) is 0 Å². The summed E-state index contributed by atoms with van der Waals surface area (Å²) in [5.74, 6) is -3.47. The van der Waals surface area contributed by atoms with Crippen molar-refractivity contribution in [2.45, 2.75) is 49.1 Å². The molecular formula is C11H16O7. The van der Waals surface area contributed by atoms with Crippen molar-refractivity contribution < 1.29 is 34.0 Å². The van der Waals surface area contributed by atoms with Crippen molar-refractivity contribution in [1.29, 1.82) is 0 Å². The van der Waals surface area contributed by atoms with E-state index in [9.17, 15) is 15.0 Å². The molecule has 0 aliphatic carbocycles. The summed E-state index contributed by atoms with van der Waals surface area (Å²) in [5.41, 5.74) is -1.88. The molecule has 7 heteroatoms. The molecule has 102 valence electrons. The molecule has 2 N–H and O–H groups in total. The van der Waals surface area contributed by atoms with Crippen LogP contribution in [0.1, 0.15) is 19.8 Å². The zero-order valence-corrected chi connectivity index (χ0v) is 10.2. The second kappa shape index (κ2) is 3.43. The molecule has 0 unspecified atom stereocenters. The molecule has 3 saturated heterocycles. The van der Waals surface area contributed by atoms with Gasteiger partial charge in [0.15, 0.2) is 11.9 Å². The van der Waals surface area contributed by atoms with Gasteiger partial charge in [-0.25, -0.2) is 4.79 Å². The summed E-state index contributed by atoms with van der Waals surface area (Å²) in [7, 11) is 1.47. The first-order valence-electron chi connectivity index (χ1n) is 5.88. The molecule has 3 aliphatic rings. The fourth-order valence-electron chi connectivity index (χ4n) is 2.87. The molecule has 0 bridgehead atoms. The molecule has 0 saturated carbocycles. The molecule has 7 nitrogen and oxygen atoms in total. The minimum atomic E-state index is -1.88. The van der Waals surface area contributed by atoms with Crippen molar-refractivity contribution in [3.8, 4) is 0 Å². The van der Waals surface area contributed by atoms with Gasteiger partial charge >= 0.3 is 5.97 Å². The van der Waals surface area contributed by atoms with Gasteiger partial charge in [0.05, 0.1) is 6.61 Å². The first-order valence-corrected chi connectivity index (χ1v) is 5.88. The van der Waals surface area contributed by atoms with Crippen LogP contribution in [0, 0.1) is 0 Å². The lowest BCUT2D eigenvalue weighted by Crippen LogP contribution is -2.66. The second-order valence-corrected chi connectivity index (χ2v) is 5.17. The predicted octanol–water partition coefficient (Wildman–Crippen LogP) is -1.10. The van der Waals surface area contributed by atoms with E-state index in [1.54, 1.807) is 6.92 Å². The van der Waals surface area contributed by atoms with E-state index in [2.05, 4.69) is 0 Å². The first-order chi connectivity index (χ1) is 8.37. The molecule has 0 radical (unpaired) electrons. The highest BCUT2D eigenvalue weighted by atomic mass is 16.8. The van der Waals surface area contributed by atoms with Gasteiger partial charge in [-0.1, -0.05) is 0 Å². The van der Waals surface area contributed by atoms with Gasteiger partial charge in [0.1, 0.15) is 6.10 Å². The Bertz CT molecular complexity index is 399. The van der Waals surface area contributed by atoms with Crippen molar-refractivity contribution >= 4 is 5.97 Å². The van der Waals surface area contributed by atoms with Gasteiger partial charge in [-0.05, 0) is 13.3 Å². The number of aliphatic hydroxyl groups is 2. The Morgan fingerprint density at radius 1 is 1.44 bits per heavy atom. The molecule has 5 atom stereocenters. The highest BCUT2D eigenvalue weighted by Crippen LogP contribution is 2.53. The van der Waals surface area contributed by atoms with E-state index in [0.29, 0.717) is 6.42 Å². The number of carbonyl (C=O) groups excluding carboxylic acids is 1. The first kappa shape index (κ1) is 12.3. The Kier molecular flexibility index (Phi) is 2.34. The van der Waals surface area contributed by atoms with Gasteiger partial charge < -0.3 is 29.2 Å². The highest BCUT2D eigenvalue weighted by Gasteiger charge is 2.77. The summed E-state index contributed by atoms with van der Waals surface area (Å²) in [6.07, 6.45) is -1.62. The Morgan fingerprint density at radius 3 is 2.83 bits per heavy atom. The van der Waals surface area contributed by atoms with E-state index in [0.717, 1.165) is 0 Å². The number of hydrogen-bond donors (Lipinski definition) is 2. The quantitative estimate of drug-likeness (QED) is 0.578. The lowest BCUT2D eigenvalue weighted by Gasteiger charge is -2.47. The zero-order chi connectivity index (χ0) is 13.2. The minimum Gasteiger partial charge on any atom is -0.451 e. The number of methoxy groups -OCH3 is 1. The van der Waals surface area contributed by atoms with Crippen LogP contribution in [0.3, 0.4) is 0 Å². The Morgan fingerprint density at radius 2 is 2.17 bits per heavy atom. The zero-order valence-electron chi connectivity index (χ0n) is 10.2. The van der Waals surface area contributed by atoms with Gasteiger partial charge in [-0.15, -0.1) is 0 Å². The van der Waals surface area contributed by atoms with Crippen LogP contribution in [0.25, 0.3) is 0 Å². The van der Waals surface area contributed by atoms with E-state index < -0.39 is 35.4 Å². The summed E-state index contributed by atoms with van der Waals surface area (Å²) in [4.78, 5) is 11.8. The molecule has 0 amide bonds. The van der Waals surface area contributed by atoms with E-state index in [1.165, 1.54) is 7.11 Å². The SMILES string of the molecule is CO[C@@]1(C)CC[C@@]2(O)C(=O)O[C@@H]3[C@@H](O)CO[C@@]32O1. The summed E-state index contributed by atoms with van der Waals surface area (Å²) < 4.78 is 21.4. The van der Waals surface area contributed by atoms with Gasteiger partial charge in [-0.2, -0.15) is 0 Å². The van der Waals surface area contributed by atoms with Crippen LogP contribution in [0.5, 0.6) is 0 Å². The third-order valence-electron chi connectivity index (χ3n) is 4.08. The van der Waals surface area contributed by atoms with E-state index in [1.807, 2.05) is 0 Å². The monoisotopic (exact) mass is 260 g/mol. The number of ether oxygens (including phenoxy) is 4. The fraction of sp³-hybridized carbons (Fsp3) is 0.909. The third kappa shape index (κ3) is 1.23. The number of carbonyl (C=O) groups is 1. The maximum absolute atomic E-state index is 11.8. The summed E-state index contributed by atoms with van der Waals surface area (Å²) in [6, 6.07) is 0. The van der Waals surface area contributed by atoms with Gasteiger partial charge in [0.2, 0.25) is 5.60 Å². The number of hydrogen-bond acceptors (Lipinski definition) is 7. The van der Waals surface area contributed by atoms with Crippen LogP contribution in [0.15, 0.2) is 0 Å². The molecule has 18 heavy (non-hydrogen) atoms. The van der Waals surface area contributed by atoms with E-state index in [-0.39, 0.29) is 13.0 Å². The molecule has 3 fully saturated rings. The van der Waals surface area contributed by atoms with E-state index in [4.69, 9.17) is 18.9 Å². The van der Waals surface area contributed by atoms with Crippen LogP contribution in [-0.2, 0) is 23.7 Å². The van der Waals surface area contributed by atoms with E-state index >= 15 is 0 Å². The average Bonchev–Trinajstić information content (AvgIpc) is 2.75. The van der Waals surface area contributed by atoms with Crippen LogP contribution in [0.4, 0.5) is 0 Å². The maximum atomic E-state index is 11.8. The Balaban J connectivity index is 2.04. The van der Waals surface area contributed by atoms with Crippen LogP contribution in [-0.4, -0.2) is 59.3 Å². The molecule has 1 spiro atoms. The van der Waals surface area contributed by atoms with Crippen molar-refractivity contribution in [3.63, 3.8) is 0 Å². The molecule has 0 aromatic rings. The van der Waals surface area contributed by atoms with Crippen LogP contribution >= 0.6 is 0 Å². The van der Waals surface area contributed by atoms with Gasteiger partial charge in [-0.3, -0.25) is 0 Å². The van der Waals surface area contributed by atoms with Gasteiger partial charge in [0.25, 0.3) is 5.79 Å². The van der Waals surface area contributed by atoms with Crippen molar-refractivity contribution in [2.75, 3.05) is 13.7 Å². The summed E-state index contributed by atoms with van der Waals surface area (Å²) in [5, 5.41) is 20.3. The van der Waals surface area contributed by atoms with Crippen molar-refractivity contribution in [1.82, 2.24) is 0 Å². The highest BCUT2D eigenvalue weighted by molar-refractivity contribution is 5.84. The largest absolute Gasteiger partial charge is 0.451 e. The maximum Gasteiger partial charge on any atom is 0.344 e.